The molecule has 0 aliphatic carbocycles. The van der Waals surface area contributed by atoms with E-state index in [1.54, 1.807) is 11.3 Å². The highest BCUT2D eigenvalue weighted by Crippen LogP contribution is 2.47. The van der Waals surface area contributed by atoms with Crippen LogP contribution in [0.4, 0.5) is 0 Å². The van der Waals surface area contributed by atoms with Crippen molar-refractivity contribution in [3.8, 4) is 11.8 Å². The van der Waals surface area contributed by atoms with E-state index in [4.69, 9.17) is 14.9 Å². The molecule has 0 bridgehead atoms. The third kappa shape index (κ3) is 1.66. The lowest BCUT2D eigenvalue weighted by Crippen LogP contribution is -2.19. The van der Waals surface area contributed by atoms with Gasteiger partial charge in [0.15, 0.2) is 11.5 Å². The maximum Gasteiger partial charge on any atom is 0.206 e. The highest BCUT2D eigenvalue weighted by Gasteiger charge is 2.35. The summed E-state index contributed by atoms with van der Waals surface area (Å²) in [6.07, 6.45) is 0. The van der Waals surface area contributed by atoms with Gasteiger partial charge in [-0.15, -0.1) is 11.3 Å². The number of nitrogens with zero attached hydrogens (tertiary/aromatic N) is 1. The van der Waals surface area contributed by atoms with Gasteiger partial charge >= 0.3 is 0 Å². The Hall–Kier alpha value is -2.71. The molecule has 0 saturated heterocycles. The van der Waals surface area contributed by atoms with Gasteiger partial charge in [0.1, 0.15) is 17.2 Å². The fraction of sp³-hybridized carbons (Fsp3) is 0.0625. The van der Waals surface area contributed by atoms with Gasteiger partial charge in [0.05, 0.1) is 11.3 Å². The summed E-state index contributed by atoms with van der Waals surface area (Å²) in [7, 11) is 0. The average Bonchev–Trinajstić information content (AvgIpc) is 3.13. The van der Waals surface area contributed by atoms with Crippen LogP contribution in [-0.4, -0.2) is 0 Å². The Morgan fingerprint density at radius 2 is 2.05 bits per heavy atom. The predicted octanol–water partition coefficient (Wildman–Crippen LogP) is 3.71. The van der Waals surface area contributed by atoms with E-state index in [0.717, 1.165) is 15.8 Å². The maximum absolute atomic E-state index is 9.43. The molecule has 102 valence electrons. The number of nitrogens with two attached hydrogens (primary N) is 1. The van der Waals surface area contributed by atoms with Gasteiger partial charge < -0.3 is 14.9 Å². The molecule has 2 N–H and O–H groups in total. The molecule has 4 rings (SSSR count). The standard InChI is InChI=1S/C16H10N2O2S/c17-8-10-13(12-6-3-7-21-12)15-14(20-16(10)18)9-4-1-2-5-11(9)19-15/h1-7,13H,18H2. The number of ether oxygens (including phenoxy) is 1. The van der Waals surface area contributed by atoms with Crippen LogP contribution in [0.25, 0.3) is 11.0 Å². The quantitative estimate of drug-likeness (QED) is 0.742. The minimum absolute atomic E-state index is 0.148. The summed E-state index contributed by atoms with van der Waals surface area (Å²) in [6.45, 7) is 0. The van der Waals surface area contributed by atoms with Crippen molar-refractivity contribution in [2.45, 2.75) is 5.92 Å². The molecule has 3 aromatic rings. The molecule has 0 radical (unpaired) electrons. The van der Waals surface area contributed by atoms with Crippen LogP contribution in [-0.2, 0) is 0 Å². The number of benzene rings is 1. The number of thiophene rings is 1. The summed E-state index contributed by atoms with van der Waals surface area (Å²) in [5.74, 6) is 1.10. The van der Waals surface area contributed by atoms with Crippen molar-refractivity contribution >= 4 is 22.3 Å². The zero-order valence-corrected chi connectivity index (χ0v) is 11.7. The molecule has 1 unspecified atom stereocenters. The van der Waals surface area contributed by atoms with Crippen molar-refractivity contribution < 1.29 is 9.15 Å². The minimum Gasteiger partial charge on any atom is -0.456 e. The molecule has 21 heavy (non-hydrogen) atoms. The number of allylic oxidation sites excluding steroid dienone is 1. The molecule has 0 fully saturated rings. The largest absolute Gasteiger partial charge is 0.456 e. The molecular weight excluding hydrogens is 284 g/mol. The first-order chi connectivity index (χ1) is 10.3. The second-order valence-corrected chi connectivity index (χ2v) is 5.71. The minimum atomic E-state index is -0.300. The van der Waals surface area contributed by atoms with Gasteiger partial charge in [-0.25, -0.2) is 0 Å². The third-order valence-electron chi connectivity index (χ3n) is 3.55. The van der Waals surface area contributed by atoms with Crippen molar-refractivity contribution in [3.05, 3.63) is 63.9 Å². The number of hydrogen-bond acceptors (Lipinski definition) is 5. The topological polar surface area (TPSA) is 72.2 Å². The van der Waals surface area contributed by atoms with Crippen molar-refractivity contribution in [1.82, 2.24) is 0 Å². The number of nitriles is 1. The summed E-state index contributed by atoms with van der Waals surface area (Å²) < 4.78 is 11.6. The smallest absolute Gasteiger partial charge is 0.206 e. The molecule has 3 heterocycles. The van der Waals surface area contributed by atoms with Gasteiger partial charge in [-0.3, -0.25) is 0 Å². The molecule has 5 heteroatoms. The Morgan fingerprint density at radius 1 is 1.19 bits per heavy atom. The summed E-state index contributed by atoms with van der Waals surface area (Å²) >= 11 is 1.57. The highest BCUT2D eigenvalue weighted by atomic mass is 32.1. The molecule has 2 aromatic heterocycles. The Balaban J connectivity index is 2.03. The van der Waals surface area contributed by atoms with Crippen LogP contribution in [0.2, 0.25) is 0 Å². The summed E-state index contributed by atoms with van der Waals surface area (Å²) in [5.41, 5.74) is 7.07. The first-order valence-corrected chi connectivity index (χ1v) is 7.30. The number of hydrogen-bond donors (Lipinski definition) is 1. The van der Waals surface area contributed by atoms with E-state index < -0.39 is 0 Å². The Morgan fingerprint density at radius 3 is 2.81 bits per heavy atom. The van der Waals surface area contributed by atoms with Crippen LogP contribution in [0, 0.1) is 11.3 Å². The van der Waals surface area contributed by atoms with Gasteiger partial charge in [0.25, 0.3) is 0 Å². The normalized spacial score (nSPS) is 17.4. The molecule has 1 aliphatic rings. The van der Waals surface area contributed by atoms with Crippen molar-refractivity contribution in [3.63, 3.8) is 0 Å². The molecule has 1 aliphatic heterocycles. The Kier molecular flexibility index (Phi) is 2.53. The van der Waals surface area contributed by atoms with Crippen LogP contribution in [0.15, 0.2) is 57.7 Å². The van der Waals surface area contributed by atoms with Gasteiger partial charge in [-0.2, -0.15) is 5.26 Å². The van der Waals surface area contributed by atoms with E-state index in [1.807, 2.05) is 41.8 Å². The molecule has 1 aromatic carbocycles. The van der Waals surface area contributed by atoms with E-state index in [-0.39, 0.29) is 11.8 Å². The monoisotopic (exact) mass is 294 g/mol. The fourth-order valence-electron chi connectivity index (χ4n) is 2.62. The molecule has 0 spiro atoms. The molecule has 0 saturated carbocycles. The molecular formula is C16H10N2O2S. The number of fused-ring (bicyclic) bond motifs is 3. The Bertz CT molecular complexity index is 900. The van der Waals surface area contributed by atoms with Gasteiger partial charge in [0.2, 0.25) is 5.88 Å². The van der Waals surface area contributed by atoms with Gasteiger partial charge in [-0.05, 0) is 23.6 Å². The summed E-state index contributed by atoms with van der Waals surface area (Å²) in [4.78, 5) is 1.01. The first kappa shape index (κ1) is 12.1. The first-order valence-electron chi connectivity index (χ1n) is 6.42. The predicted molar refractivity (Wildman–Crippen MR) is 79.8 cm³/mol. The molecule has 0 amide bonds. The van der Waals surface area contributed by atoms with Crippen molar-refractivity contribution in [1.29, 1.82) is 5.26 Å². The van der Waals surface area contributed by atoms with Crippen molar-refractivity contribution in [2.75, 3.05) is 0 Å². The second kappa shape index (κ2) is 4.40. The van der Waals surface area contributed by atoms with Crippen LogP contribution < -0.4 is 10.5 Å². The van der Waals surface area contributed by atoms with Crippen molar-refractivity contribution in [2.24, 2.45) is 5.73 Å². The van der Waals surface area contributed by atoms with Gasteiger partial charge in [0, 0.05) is 4.88 Å². The van der Waals surface area contributed by atoms with E-state index in [0.29, 0.717) is 17.1 Å². The SMILES string of the molecule is N#CC1=C(N)Oc2c(oc3ccccc23)C1c1cccs1. The second-order valence-electron chi connectivity index (χ2n) is 4.73. The van der Waals surface area contributed by atoms with E-state index in [1.165, 1.54) is 0 Å². The summed E-state index contributed by atoms with van der Waals surface area (Å²) in [5, 5.41) is 12.3. The number of rotatable bonds is 1. The van der Waals surface area contributed by atoms with Gasteiger partial charge in [-0.1, -0.05) is 18.2 Å². The third-order valence-corrected chi connectivity index (χ3v) is 4.49. The number of furan rings is 1. The zero-order valence-electron chi connectivity index (χ0n) is 10.9. The number of para-hydroxylation sites is 1. The van der Waals surface area contributed by atoms with Crippen LogP contribution in [0.5, 0.6) is 5.75 Å². The fourth-order valence-corrected chi connectivity index (χ4v) is 3.45. The van der Waals surface area contributed by atoms with E-state index in [2.05, 4.69) is 6.07 Å². The van der Waals surface area contributed by atoms with E-state index >= 15 is 0 Å². The average molecular weight is 294 g/mol. The zero-order chi connectivity index (χ0) is 14.4. The maximum atomic E-state index is 9.43. The van der Waals surface area contributed by atoms with Crippen LogP contribution in [0.3, 0.4) is 0 Å². The highest BCUT2D eigenvalue weighted by molar-refractivity contribution is 7.10. The molecule has 4 nitrogen and oxygen atoms in total. The lowest BCUT2D eigenvalue weighted by atomic mass is 9.93. The summed E-state index contributed by atoms with van der Waals surface area (Å²) in [6, 6.07) is 13.7. The van der Waals surface area contributed by atoms with Crippen LogP contribution >= 0.6 is 11.3 Å². The lowest BCUT2D eigenvalue weighted by Gasteiger charge is -2.21. The Labute approximate surface area is 124 Å². The lowest BCUT2D eigenvalue weighted by molar-refractivity contribution is 0.373. The van der Waals surface area contributed by atoms with E-state index in [9.17, 15) is 5.26 Å². The molecule has 1 atom stereocenters. The van der Waals surface area contributed by atoms with Crippen LogP contribution in [0.1, 0.15) is 16.6 Å².